The van der Waals surface area contributed by atoms with Crippen LogP contribution in [0.5, 0.6) is 0 Å². The third-order valence-electron chi connectivity index (χ3n) is 3.20. The van der Waals surface area contributed by atoms with Crippen molar-refractivity contribution in [2.24, 2.45) is 17.3 Å². The number of nitriles is 1. The molecule has 10 heavy (non-hydrogen) atoms. The summed E-state index contributed by atoms with van der Waals surface area (Å²) < 4.78 is 0. The Balaban J connectivity index is 2.16. The number of rotatable bonds is 0. The Morgan fingerprint density at radius 3 is 2.60 bits per heavy atom. The number of nitrogens with one attached hydrogen (secondary N) is 1. The number of hydrogen-bond donors (Lipinski definition) is 1. The summed E-state index contributed by atoms with van der Waals surface area (Å²) in [7, 11) is 0. The van der Waals surface area contributed by atoms with Gasteiger partial charge in [-0.25, -0.2) is 0 Å². The monoisotopic (exact) mass is 136 g/mol. The van der Waals surface area contributed by atoms with Gasteiger partial charge >= 0.3 is 0 Å². The van der Waals surface area contributed by atoms with E-state index in [1.807, 2.05) is 0 Å². The van der Waals surface area contributed by atoms with Crippen LogP contribution >= 0.6 is 0 Å². The van der Waals surface area contributed by atoms with Crippen LogP contribution in [0.2, 0.25) is 0 Å². The average molecular weight is 136 g/mol. The average Bonchev–Trinajstić information content (AvgIpc) is 2.28. The zero-order valence-corrected chi connectivity index (χ0v) is 6.39. The van der Waals surface area contributed by atoms with Gasteiger partial charge in [-0.3, -0.25) is 0 Å². The van der Waals surface area contributed by atoms with Crippen LogP contribution in [-0.4, -0.2) is 12.6 Å². The van der Waals surface area contributed by atoms with Crippen molar-refractivity contribution in [1.29, 1.82) is 5.26 Å². The predicted molar refractivity (Wildman–Crippen MR) is 38.2 cm³/mol. The third kappa shape index (κ3) is 0.518. The van der Waals surface area contributed by atoms with E-state index in [2.05, 4.69) is 25.2 Å². The first-order valence-corrected chi connectivity index (χ1v) is 3.81. The van der Waals surface area contributed by atoms with Gasteiger partial charge in [0.05, 0.1) is 12.1 Å². The van der Waals surface area contributed by atoms with Gasteiger partial charge in [0.15, 0.2) is 0 Å². The maximum absolute atomic E-state index is 8.68. The topological polar surface area (TPSA) is 35.8 Å². The summed E-state index contributed by atoms with van der Waals surface area (Å²) in [5.74, 6) is 1.41. The molecule has 2 fully saturated rings. The molecule has 3 atom stereocenters. The maximum atomic E-state index is 8.68. The van der Waals surface area contributed by atoms with E-state index >= 15 is 0 Å². The van der Waals surface area contributed by atoms with Gasteiger partial charge in [0.2, 0.25) is 0 Å². The van der Waals surface area contributed by atoms with E-state index in [0.29, 0.717) is 11.3 Å². The molecule has 0 aromatic carbocycles. The van der Waals surface area contributed by atoms with Crippen molar-refractivity contribution in [2.75, 3.05) is 6.54 Å². The Morgan fingerprint density at radius 1 is 1.60 bits per heavy atom. The quantitative estimate of drug-likeness (QED) is 0.533. The Bertz CT molecular complexity index is 202. The number of piperidine rings is 1. The van der Waals surface area contributed by atoms with E-state index in [9.17, 15) is 0 Å². The first-order valence-electron chi connectivity index (χ1n) is 3.81. The zero-order valence-electron chi connectivity index (χ0n) is 6.39. The standard InChI is InChI=1S/C8H12N2/c1-8(2)5-4-10-6(3-9)7(5)8/h5-7,10H,4H2,1-2H3/t5-,6-,7-/m1/s1. The van der Waals surface area contributed by atoms with Gasteiger partial charge in [0.1, 0.15) is 0 Å². The largest absolute Gasteiger partial charge is 0.301 e. The van der Waals surface area contributed by atoms with Gasteiger partial charge in [-0.15, -0.1) is 0 Å². The molecule has 0 spiro atoms. The maximum Gasteiger partial charge on any atom is 0.0990 e. The molecule has 2 aliphatic rings. The van der Waals surface area contributed by atoms with Crippen LogP contribution in [0.4, 0.5) is 0 Å². The lowest BCUT2D eigenvalue weighted by Crippen LogP contribution is -2.28. The lowest BCUT2D eigenvalue weighted by Gasteiger charge is -2.11. The van der Waals surface area contributed by atoms with Crippen LogP contribution in [0.15, 0.2) is 0 Å². The number of hydrogen-bond acceptors (Lipinski definition) is 2. The molecule has 1 saturated heterocycles. The molecule has 0 unspecified atom stereocenters. The molecular formula is C8H12N2. The first-order chi connectivity index (χ1) is 4.68. The molecule has 1 aliphatic carbocycles. The lowest BCUT2D eigenvalue weighted by atomic mass is 10.0. The fraction of sp³-hybridized carbons (Fsp3) is 0.875. The molecule has 0 aromatic rings. The fourth-order valence-corrected chi connectivity index (χ4v) is 2.35. The van der Waals surface area contributed by atoms with Crippen LogP contribution in [-0.2, 0) is 0 Å². The Morgan fingerprint density at radius 2 is 2.30 bits per heavy atom. The summed E-state index contributed by atoms with van der Waals surface area (Å²) >= 11 is 0. The highest BCUT2D eigenvalue weighted by Gasteiger charge is 2.64. The van der Waals surface area contributed by atoms with E-state index in [0.717, 1.165) is 12.5 Å². The van der Waals surface area contributed by atoms with Gasteiger partial charge < -0.3 is 5.32 Å². The highest BCUT2D eigenvalue weighted by Crippen LogP contribution is 2.62. The van der Waals surface area contributed by atoms with E-state index in [1.165, 1.54) is 0 Å². The minimum atomic E-state index is 0.139. The van der Waals surface area contributed by atoms with Gasteiger partial charge in [0, 0.05) is 6.54 Å². The Hall–Kier alpha value is -0.550. The SMILES string of the molecule is CC1(C)[C@@H]2[C@H]1CN[C@@H]2C#N. The highest BCUT2D eigenvalue weighted by molar-refractivity contribution is 5.20. The number of nitrogens with zero attached hydrogens (tertiary/aromatic N) is 1. The zero-order chi connectivity index (χ0) is 7.35. The van der Waals surface area contributed by atoms with Crippen molar-refractivity contribution in [3.05, 3.63) is 0 Å². The smallest absolute Gasteiger partial charge is 0.0990 e. The molecule has 0 radical (unpaired) electrons. The van der Waals surface area contributed by atoms with Gasteiger partial charge in [-0.2, -0.15) is 5.26 Å². The molecule has 2 rings (SSSR count). The second kappa shape index (κ2) is 1.54. The van der Waals surface area contributed by atoms with Crippen molar-refractivity contribution in [3.63, 3.8) is 0 Å². The van der Waals surface area contributed by atoms with Crippen LogP contribution in [0.3, 0.4) is 0 Å². The molecule has 1 aliphatic heterocycles. The summed E-state index contributed by atoms with van der Waals surface area (Å²) in [5, 5.41) is 11.9. The highest BCUT2D eigenvalue weighted by atomic mass is 15.0. The summed E-state index contributed by atoms with van der Waals surface area (Å²) in [6.45, 7) is 5.57. The van der Waals surface area contributed by atoms with E-state index in [-0.39, 0.29) is 6.04 Å². The molecule has 0 bridgehead atoms. The van der Waals surface area contributed by atoms with Crippen LogP contribution in [0, 0.1) is 28.6 Å². The van der Waals surface area contributed by atoms with Gasteiger partial charge in [-0.05, 0) is 17.3 Å². The molecule has 0 amide bonds. The third-order valence-corrected chi connectivity index (χ3v) is 3.20. The Kier molecular flexibility index (Phi) is 0.952. The summed E-state index contributed by atoms with van der Waals surface area (Å²) in [6, 6.07) is 2.44. The van der Waals surface area contributed by atoms with Gasteiger partial charge in [0.25, 0.3) is 0 Å². The van der Waals surface area contributed by atoms with Crippen molar-refractivity contribution in [2.45, 2.75) is 19.9 Å². The summed E-state index contributed by atoms with van der Waals surface area (Å²) in [5.41, 5.74) is 0.450. The minimum Gasteiger partial charge on any atom is -0.301 e. The molecule has 1 N–H and O–H groups in total. The second-order valence-corrected chi connectivity index (χ2v) is 3.97. The van der Waals surface area contributed by atoms with Gasteiger partial charge in [-0.1, -0.05) is 13.8 Å². The van der Waals surface area contributed by atoms with Crippen molar-refractivity contribution in [3.8, 4) is 6.07 Å². The van der Waals surface area contributed by atoms with E-state index in [1.54, 1.807) is 0 Å². The molecule has 2 heteroatoms. The van der Waals surface area contributed by atoms with Crippen molar-refractivity contribution in [1.82, 2.24) is 5.32 Å². The summed E-state index contributed by atoms with van der Waals surface area (Å²) in [6.07, 6.45) is 0. The normalized spacial score (nSPS) is 47.9. The van der Waals surface area contributed by atoms with Crippen LogP contribution in [0.25, 0.3) is 0 Å². The molecular weight excluding hydrogens is 124 g/mol. The fourth-order valence-electron chi connectivity index (χ4n) is 2.35. The van der Waals surface area contributed by atoms with E-state index < -0.39 is 0 Å². The molecule has 54 valence electrons. The molecule has 1 saturated carbocycles. The molecule has 0 aromatic heterocycles. The number of fused-ring (bicyclic) bond motifs is 1. The molecule has 2 nitrogen and oxygen atoms in total. The Labute approximate surface area is 61.2 Å². The first kappa shape index (κ1) is 6.18. The second-order valence-electron chi connectivity index (χ2n) is 3.97. The lowest BCUT2D eigenvalue weighted by molar-refractivity contribution is 0.442. The van der Waals surface area contributed by atoms with Crippen LogP contribution < -0.4 is 5.32 Å². The van der Waals surface area contributed by atoms with E-state index in [4.69, 9.17) is 5.26 Å². The van der Waals surface area contributed by atoms with Crippen LogP contribution in [0.1, 0.15) is 13.8 Å². The van der Waals surface area contributed by atoms with Crippen molar-refractivity contribution < 1.29 is 0 Å². The summed E-state index contributed by atoms with van der Waals surface area (Å²) in [4.78, 5) is 0. The van der Waals surface area contributed by atoms with Crippen molar-refractivity contribution >= 4 is 0 Å². The minimum absolute atomic E-state index is 0.139. The molecule has 1 heterocycles. The predicted octanol–water partition coefficient (Wildman–Crippen LogP) is 0.754.